The Hall–Kier alpha value is -2.34. The predicted octanol–water partition coefficient (Wildman–Crippen LogP) is 4.31. The van der Waals surface area contributed by atoms with Crippen molar-refractivity contribution in [1.82, 2.24) is 10.2 Å². The van der Waals surface area contributed by atoms with Gasteiger partial charge in [0.15, 0.2) is 0 Å². The van der Waals surface area contributed by atoms with Gasteiger partial charge in [0.2, 0.25) is 11.8 Å². The minimum Gasteiger partial charge on any atom is -0.352 e. The van der Waals surface area contributed by atoms with Crippen molar-refractivity contribution in [2.75, 3.05) is 5.75 Å². The highest BCUT2D eigenvalue weighted by Gasteiger charge is 2.26. The molecule has 2 aromatic carbocycles. The van der Waals surface area contributed by atoms with Crippen LogP contribution >= 0.6 is 11.8 Å². The molecule has 1 atom stereocenters. The maximum Gasteiger partial charge on any atom is 0.242 e. The fraction of sp³-hybridized carbons (Fsp3) is 0.391. The quantitative estimate of drug-likeness (QED) is 0.663. The van der Waals surface area contributed by atoms with Crippen molar-refractivity contribution < 1.29 is 14.0 Å². The zero-order valence-corrected chi connectivity index (χ0v) is 18.3. The first-order valence-corrected chi connectivity index (χ1v) is 10.9. The lowest BCUT2D eigenvalue weighted by atomic mass is 10.1. The molecule has 0 aliphatic heterocycles. The predicted molar refractivity (Wildman–Crippen MR) is 117 cm³/mol. The van der Waals surface area contributed by atoms with Crippen LogP contribution < -0.4 is 5.32 Å². The summed E-state index contributed by atoms with van der Waals surface area (Å²) >= 11 is 1.46. The van der Waals surface area contributed by atoms with Crippen LogP contribution in [0.3, 0.4) is 0 Å². The molecule has 0 aromatic heterocycles. The van der Waals surface area contributed by atoms with Crippen molar-refractivity contribution in [1.29, 1.82) is 0 Å². The largest absolute Gasteiger partial charge is 0.352 e. The zero-order valence-electron chi connectivity index (χ0n) is 17.4. The molecule has 29 heavy (non-hydrogen) atoms. The van der Waals surface area contributed by atoms with Crippen LogP contribution in [0, 0.1) is 12.7 Å². The molecule has 0 heterocycles. The Balaban J connectivity index is 2.07. The van der Waals surface area contributed by atoms with Crippen molar-refractivity contribution in [3.05, 3.63) is 71.0 Å². The average molecular weight is 417 g/mol. The van der Waals surface area contributed by atoms with Crippen LogP contribution in [0.4, 0.5) is 4.39 Å². The molecule has 0 aliphatic rings. The lowest BCUT2D eigenvalue weighted by Crippen LogP contribution is -2.49. The van der Waals surface area contributed by atoms with E-state index in [-0.39, 0.29) is 29.4 Å². The molecule has 156 valence electrons. The number of aryl methyl sites for hydroxylation is 1. The molecule has 0 aliphatic carbocycles. The van der Waals surface area contributed by atoms with Crippen LogP contribution in [0.2, 0.25) is 0 Å². The lowest BCUT2D eigenvalue weighted by Gasteiger charge is -2.30. The van der Waals surface area contributed by atoms with Crippen LogP contribution in [-0.4, -0.2) is 34.6 Å². The molecule has 2 rings (SSSR count). The van der Waals surface area contributed by atoms with Gasteiger partial charge in [-0.1, -0.05) is 36.4 Å². The Morgan fingerprint density at radius 1 is 1.07 bits per heavy atom. The number of benzene rings is 2. The maximum atomic E-state index is 13.0. The van der Waals surface area contributed by atoms with Crippen molar-refractivity contribution in [3.63, 3.8) is 0 Å². The van der Waals surface area contributed by atoms with Crippen molar-refractivity contribution >= 4 is 23.6 Å². The number of thioether (sulfide) groups is 1. The van der Waals surface area contributed by atoms with Gasteiger partial charge in [0.1, 0.15) is 11.9 Å². The van der Waals surface area contributed by atoms with E-state index in [9.17, 15) is 14.0 Å². The third-order valence-electron chi connectivity index (χ3n) is 4.61. The third kappa shape index (κ3) is 7.20. The van der Waals surface area contributed by atoms with Crippen LogP contribution in [0.1, 0.15) is 37.5 Å². The number of nitrogens with zero attached hydrogens (tertiary/aromatic N) is 1. The first kappa shape index (κ1) is 22.9. The van der Waals surface area contributed by atoms with E-state index < -0.39 is 6.04 Å². The summed E-state index contributed by atoms with van der Waals surface area (Å²) in [6.45, 7) is 7.95. The highest BCUT2D eigenvalue weighted by molar-refractivity contribution is 7.99. The highest BCUT2D eigenvalue weighted by atomic mass is 32.2. The van der Waals surface area contributed by atoms with Crippen LogP contribution in [0.25, 0.3) is 0 Å². The molecule has 6 heteroatoms. The molecule has 4 nitrogen and oxygen atoms in total. The Bertz CT molecular complexity index is 824. The van der Waals surface area contributed by atoms with Crippen LogP contribution in [0.15, 0.2) is 48.5 Å². The third-order valence-corrected chi connectivity index (χ3v) is 5.60. The van der Waals surface area contributed by atoms with E-state index in [1.165, 1.54) is 23.9 Å². The molecule has 2 aromatic rings. The highest BCUT2D eigenvalue weighted by Crippen LogP contribution is 2.18. The number of amides is 2. The minimum absolute atomic E-state index is 0.00761. The Labute approximate surface area is 176 Å². The summed E-state index contributed by atoms with van der Waals surface area (Å²) in [6.07, 6.45) is 0. The molecule has 1 N–H and O–H groups in total. The van der Waals surface area contributed by atoms with E-state index in [0.717, 1.165) is 16.7 Å². The molecule has 0 saturated carbocycles. The van der Waals surface area contributed by atoms with E-state index in [2.05, 4.69) is 5.32 Å². The number of nitrogens with one attached hydrogen (secondary N) is 1. The number of carbonyl (C=O) groups is 2. The molecule has 0 unspecified atom stereocenters. The standard InChI is InChI=1S/C23H29FN2O2S/c1-16(2)25-23(28)18(4)26(13-20-8-6-5-7-17(20)3)22(27)15-29-14-19-9-11-21(24)12-10-19/h5-12,16,18H,13-15H2,1-4H3,(H,25,28)/t18-/m1/s1. The molecule has 0 saturated heterocycles. The maximum absolute atomic E-state index is 13.0. The van der Waals surface area contributed by atoms with Crippen LogP contribution in [0.5, 0.6) is 0 Å². The fourth-order valence-electron chi connectivity index (χ4n) is 2.88. The number of hydrogen-bond donors (Lipinski definition) is 1. The van der Waals surface area contributed by atoms with E-state index in [1.807, 2.05) is 45.0 Å². The van der Waals surface area contributed by atoms with Gasteiger partial charge in [-0.15, -0.1) is 11.8 Å². The Kier molecular flexibility index (Phi) is 8.70. The summed E-state index contributed by atoms with van der Waals surface area (Å²) < 4.78 is 13.0. The number of halogens is 1. The second kappa shape index (κ2) is 11.0. The van der Waals surface area contributed by atoms with Crippen molar-refractivity contribution in [2.45, 2.75) is 52.1 Å². The molecule has 0 radical (unpaired) electrons. The van der Waals surface area contributed by atoms with Gasteiger partial charge in [-0.25, -0.2) is 4.39 Å². The van der Waals surface area contributed by atoms with Gasteiger partial charge in [0, 0.05) is 18.3 Å². The smallest absolute Gasteiger partial charge is 0.242 e. The number of rotatable bonds is 9. The van der Waals surface area contributed by atoms with E-state index in [4.69, 9.17) is 0 Å². The molecular weight excluding hydrogens is 387 g/mol. The molecule has 2 amide bonds. The lowest BCUT2D eigenvalue weighted by molar-refractivity contribution is -0.138. The second-order valence-electron chi connectivity index (χ2n) is 7.41. The summed E-state index contributed by atoms with van der Waals surface area (Å²) in [5.41, 5.74) is 3.06. The van der Waals surface area contributed by atoms with Gasteiger partial charge in [0.05, 0.1) is 5.75 Å². The monoisotopic (exact) mass is 416 g/mol. The van der Waals surface area contributed by atoms with Gasteiger partial charge < -0.3 is 10.2 Å². The van der Waals surface area contributed by atoms with Crippen LogP contribution in [-0.2, 0) is 21.9 Å². The molecule has 0 bridgehead atoms. The molecule has 0 fully saturated rings. The van der Waals surface area contributed by atoms with E-state index in [0.29, 0.717) is 12.3 Å². The summed E-state index contributed by atoms with van der Waals surface area (Å²) in [5.74, 6) is 0.334. The van der Waals surface area contributed by atoms with Gasteiger partial charge in [0.25, 0.3) is 0 Å². The summed E-state index contributed by atoms with van der Waals surface area (Å²) in [6, 6.07) is 13.6. The van der Waals surface area contributed by atoms with E-state index in [1.54, 1.807) is 24.0 Å². The minimum atomic E-state index is -0.573. The normalized spacial score (nSPS) is 11.9. The van der Waals surface area contributed by atoms with Crippen molar-refractivity contribution in [2.24, 2.45) is 0 Å². The molecule has 0 spiro atoms. The number of carbonyl (C=O) groups excluding carboxylic acids is 2. The first-order valence-electron chi connectivity index (χ1n) is 9.74. The fourth-order valence-corrected chi connectivity index (χ4v) is 3.75. The van der Waals surface area contributed by atoms with Gasteiger partial charge in [-0.2, -0.15) is 0 Å². The van der Waals surface area contributed by atoms with Gasteiger partial charge >= 0.3 is 0 Å². The van der Waals surface area contributed by atoms with Gasteiger partial charge in [-0.3, -0.25) is 9.59 Å². The first-order chi connectivity index (χ1) is 13.8. The van der Waals surface area contributed by atoms with Crippen molar-refractivity contribution in [3.8, 4) is 0 Å². The van der Waals surface area contributed by atoms with E-state index >= 15 is 0 Å². The SMILES string of the molecule is Cc1ccccc1CN(C(=O)CSCc1ccc(F)cc1)[C@H](C)C(=O)NC(C)C. The molecular formula is C23H29FN2O2S. The summed E-state index contributed by atoms with van der Waals surface area (Å²) in [4.78, 5) is 27.2. The Morgan fingerprint density at radius 3 is 2.34 bits per heavy atom. The summed E-state index contributed by atoms with van der Waals surface area (Å²) in [7, 11) is 0. The topological polar surface area (TPSA) is 49.4 Å². The Morgan fingerprint density at radius 2 is 1.72 bits per heavy atom. The average Bonchev–Trinajstić information content (AvgIpc) is 2.67. The second-order valence-corrected chi connectivity index (χ2v) is 8.39. The summed E-state index contributed by atoms with van der Waals surface area (Å²) in [5, 5.41) is 2.89. The van der Waals surface area contributed by atoms with Gasteiger partial charge in [-0.05, 0) is 56.5 Å². The number of hydrogen-bond acceptors (Lipinski definition) is 3. The zero-order chi connectivity index (χ0) is 21.4.